The average molecular weight is 385 g/mol. The van der Waals surface area contributed by atoms with E-state index < -0.39 is 12.1 Å². The zero-order chi connectivity index (χ0) is 20.5. The SMILES string of the molecule is CCc1ccc(NC(=O)[C@@H](C)OC(=O)CCc2ccc(OC)c(OC)c2)cc1. The number of aryl methyl sites for hydroxylation is 2. The molecule has 0 saturated carbocycles. The summed E-state index contributed by atoms with van der Waals surface area (Å²) in [6.45, 7) is 3.63. The molecular formula is C22H27NO5. The molecule has 0 bridgehead atoms. The van der Waals surface area contributed by atoms with Crippen LogP contribution in [0.1, 0.15) is 31.4 Å². The third-order valence-corrected chi connectivity index (χ3v) is 4.37. The zero-order valence-electron chi connectivity index (χ0n) is 16.8. The maximum absolute atomic E-state index is 12.2. The smallest absolute Gasteiger partial charge is 0.306 e. The Labute approximate surface area is 165 Å². The largest absolute Gasteiger partial charge is 0.493 e. The van der Waals surface area contributed by atoms with Gasteiger partial charge in [0.2, 0.25) is 0 Å². The normalized spacial score (nSPS) is 11.4. The molecule has 0 fully saturated rings. The monoisotopic (exact) mass is 385 g/mol. The molecule has 0 aliphatic rings. The van der Waals surface area contributed by atoms with Gasteiger partial charge in [-0.2, -0.15) is 0 Å². The van der Waals surface area contributed by atoms with Crippen molar-refractivity contribution in [2.45, 2.75) is 39.2 Å². The van der Waals surface area contributed by atoms with E-state index in [1.165, 1.54) is 5.56 Å². The number of carbonyl (C=O) groups is 2. The maximum atomic E-state index is 12.2. The third kappa shape index (κ3) is 6.01. The van der Waals surface area contributed by atoms with Crippen molar-refractivity contribution in [2.24, 2.45) is 0 Å². The molecule has 1 N–H and O–H groups in total. The van der Waals surface area contributed by atoms with Crippen LogP contribution >= 0.6 is 0 Å². The van der Waals surface area contributed by atoms with Gasteiger partial charge in [-0.05, 0) is 55.2 Å². The fraction of sp³-hybridized carbons (Fsp3) is 0.364. The lowest BCUT2D eigenvalue weighted by atomic mass is 10.1. The van der Waals surface area contributed by atoms with Crippen LogP contribution in [0.15, 0.2) is 42.5 Å². The van der Waals surface area contributed by atoms with Crippen molar-refractivity contribution in [2.75, 3.05) is 19.5 Å². The van der Waals surface area contributed by atoms with Gasteiger partial charge in [0.15, 0.2) is 17.6 Å². The van der Waals surface area contributed by atoms with Gasteiger partial charge in [0.1, 0.15) is 0 Å². The van der Waals surface area contributed by atoms with Crippen LogP contribution in [0.3, 0.4) is 0 Å². The van der Waals surface area contributed by atoms with Gasteiger partial charge in [0, 0.05) is 12.1 Å². The molecule has 1 amide bonds. The Morgan fingerprint density at radius 1 is 0.964 bits per heavy atom. The Kier molecular flexibility index (Phi) is 7.87. The van der Waals surface area contributed by atoms with Crippen molar-refractivity contribution in [1.29, 1.82) is 0 Å². The Balaban J connectivity index is 1.83. The maximum Gasteiger partial charge on any atom is 0.306 e. The van der Waals surface area contributed by atoms with Crippen LogP contribution in [0, 0.1) is 0 Å². The quantitative estimate of drug-likeness (QED) is 0.665. The standard InChI is InChI=1S/C22H27NO5/c1-5-16-6-10-18(11-7-16)23-22(25)15(2)28-21(24)13-9-17-8-12-19(26-3)20(14-17)27-4/h6-8,10-12,14-15H,5,9,13H2,1-4H3,(H,23,25)/t15-/m1/s1. The van der Waals surface area contributed by atoms with Gasteiger partial charge >= 0.3 is 5.97 Å². The lowest BCUT2D eigenvalue weighted by Crippen LogP contribution is -2.30. The van der Waals surface area contributed by atoms with Crippen molar-refractivity contribution in [3.63, 3.8) is 0 Å². The molecule has 0 aliphatic heterocycles. The molecule has 0 radical (unpaired) electrons. The fourth-order valence-electron chi connectivity index (χ4n) is 2.66. The molecule has 0 aliphatic carbocycles. The molecule has 2 rings (SSSR count). The van der Waals surface area contributed by atoms with Crippen LogP contribution in [0.25, 0.3) is 0 Å². The summed E-state index contributed by atoms with van der Waals surface area (Å²) in [4.78, 5) is 24.3. The van der Waals surface area contributed by atoms with Gasteiger partial charge in [0.25, 0.3) is 5.91 Å². The summed E-state index contributed by atoms with van der Waals surface area (Å²) in [5.41, 5.74) is 2.78. The van der Waals surface area contributed by atoms with E-state index in [9.17, 15) is 9.59 Å². The molecule has 6 nitrogen and oxygen atoms in total. The summed E-state index contributed by atoms with van der Waals surface area (Å²) in [7, 11) is 3.13. The Morgan fingerprint density at radius 3 is 2.21 bits per heavy atom. The first-order valence-electron chi connectivity index (χ1n) is 9.27. The first-order valence-corrected chi connectivity index (χ1v) is 9.27. The van der Waals surface area contributed by atoms with Crippen LogP contribution in [0.4, 0.5) is 5.69 Å². The van der Waals surface area contributed by atoms with Crippen molar-refractivity contribution < 1.29 is 23.8 Å². The molecule has 0 aromatic heterocycles. The van der Waals surface area contributed by atoms with E-state index in [2.05, 4.69) is 12.2 Å². The highest BCUT2D eigenvalue weighted by atomic mass is 16.5. The minimum absolute atomic E-state index is 0.165. The lowest BCUT2D eigenvalue weighted by molar-refractivity contribution is -0.153. The molecule has 2 aromatic rings. The summed E-state index contributed by atoms with van der Waals surface area (Å²) in [6, 6.07) is 13.1. The van der Waals surface area contributed by atoms with Gasteiger partial charge in [-0.1, -0.05) is 25.1 Å². The summed E-state index contributed by atoms with van der Waals surface area (Å²) in [5, 5.41) is 2.75. The van der Waals surface area contributed by atoms with Crippen LogP contribution < -0.4 is 14.8 Å². The minimum Gasteiger partial charge on any atom is -0.493 e. The predicted molar refractivity (Wildman–Crippen MR) is 108 cm³/mol. The fourth-order valence-corrected chi connectivity index (χ4v) is 2.66. The molecule has 28 heavy (non-hydrogen) atoms. The molecule has 0 heterocycles. The molecule has 150 valence electrons. The van der Waals surface area contributed by atoms with E-state index in [0.29, 0.717) is 23.6 Å². The van der Waals surface area contributed by atoms with E-state index in [1.54, 1.807) is 27.2 Å². The number of methoxy groups -OCH3 is 2. The molecule has 0 saturated heterocycles. The van der Waals surface area contributed by atoms with Crippen molar-refractivity contribution in [1.82, 2.24) is 0 Å². The van der Waals surface area contributed by atoms with Gasteiger partial charge < -0.3 is 19.5 Å². The highest BCUT2D eigenvalue weighted by molar-refractivity contribution is 5.95. The minimum atomic E-state index is -0.872. The van der Waals surface area contributed by atoms with E-state index >= 15 is 0 Å². The van der Waals surface area contributed by atoms with Crippen LogP contribution in [0.2, 0.25) is 0 Å². The van der Waals surface area contributed by atoms with E-state index in [4.69, 9.17) is 14.2 Å². The number of amides is 1. The van der Waals surface area contributed by atoms with Crippen molar-refractivity contribution >= 4 is 17.6 Å². The van der Waals surface area contributed by atoms with Crippen LogP contribution in [-0.4, -0.2) is 32.2 Å². The summed E-state index contributed by atoms with van der Waals surface area (Å²) < 4.78 is 15.7. The molecule has 1 atom stereocenters. The Bertz CT molecular complexity index is 801. The first kappa shape index (κ1) is 21.3. The third-order valence-electron chi connectivity index (χ3n) is 4.37. The molecule has 0 unspecified atom stereocenters. The highest BCUT2D eigenvalue weighted by Crippen LogP contribution is 2.28. The molecule has 2 aromatic carbocycles. The molecular weight excluding hydrogens is 358 g/mol. The van der Waals surface area contributed by atoms with E-state index in [-0.39, 0.29) is 12.3 Å². The number of nitrogens with one attached hydrogen (secondary N) is 1. The average Bonchev–Trinajstić information content (AvgIpc) is 2.72. The summed E-state index contributed by atoms with van der Waals surface area (Å²) in [6.07, 6.45) is 0.704. The zero-order valence-corrected chi connectivity index (χ0v) is 16.8. The topological polar surface area (TPSA) is 73.9 Å². The second kappa shape index (κ2) is 10.3. The van der Waals surface area contributed by atoms with Gasteiger partial charge in [-0.15, -0.1) is 0 Å². The predicted octanol–water partition coefficient (Wildman–Crippen LogP) is 3.77. The summed E-state index contributed by atoms with van der Waals surface area (Å²) >= 11 is 0. The first-order chi connectivity index (χ1) is 13.5. The number of hydrogen-bond acceptors (Lipinski definition) is 5. The number of hydrogen-bond donors (Lipinski definition) is 1. The second-order valence-corrected chi connectivity index (χ2v) is 6.36. The lowest BCUT2D eigenvalue weighted by Gasteiger charge is -2.14. The van der Waals surface area contributed by atoms with E-state index in [1.807, 2.05) is 36.4 Å². The number of ether oxygens (including phenoxy) is 3. The van der Waals surface area contributed by atoms with Gasteiger partial charge in [-0.3, -0.25) is 9.59 Å². The van der Waals surface area contributed by atoms with Crippen molar-refractivity contribution in [3.05, 3.63) is 53.6 Å². The van der Waals surface area contributed by atoms with Gasteiger partial charge in [-0.25, -0.2) is 0 Å². The number of rotatable bonds is 9. The van der Waals surface area contributed by atoms with E-state index in [0.717, 1.165) is 12.0 Å². The number of anilines is 1. The number of esters is 1. The van der Waals surface area contributed by atoms with Gasteiger partial charge in [0.05, 0.1) is 14.2 Å². The molecule has 6 heteroatoms. The molecule has 0 spiro atoms. The number of benzene rings is 2. The van der Waals surface area contributed by atoms with Crippen LogP contribution in [0.5, 0.6) is 11.5 Å². The van der Waals surface area contributed by atoms with Crippen molar-refractivity contribution in [3.8, 4) is 11.5 Å². The Hall–Kier alpha value is -3.02. The summed E-state index contributed by atoms with van der Waals surface area (Å²) in [5.74, 6) is 0.448. The second-order valence-electron chi connectivity index (χ2n) is 6.36. The van der Waals surface area contributed by atoms with Crippen LogP contribution in [-0.2, 0) is 27.2 Å². The number of carbonyl (C=O) groups excluding carboxylic acids is 2. The Morgan fingerprint density at radius 2 is 1.61 bits per heavy atom. The highest BCUT2D eigenvalue weighted by Gasteiger charge is 2.18.